The Morgan fingerprint density at radius 2 is 2.38 bits per heavy atom. The fourth-order valence-electron chi connectivity index (χ4n) is 1.03. The van der Waals surface area contributed by atoms with Crippen molar-refractivity contribution in [3.8, 4) is 0 Å². The summed E-state index contributed by atoms with van der Waals surface area (Å²) in [7, 11) is 0. The first-order chi connectivity index (χ1) is 6.22. The second-order valence-electron chi connectivity index (χ2n) is 2.35. The van der Waals surface area contributed by atoms with Gasteiger partial charge in [0.2, 0.25) is 0 Å². The van der Waals surface area contributed by atoms with Crippen LogP contribution in [0, 0.1) is 0 Å². The maximum atomic E-state index is 5.85. The normalized spacial score (nSPS) is 11.0. The standard InChI is InChI=1S/C7H5BrClN3S/c1-13-6-2-5(9)11-7-4(8)3-10-12(6)7/h2-3H,1H3. The molecule has 0 aliphatic heterocycles. The minimum Gasteiger partial charge on any atom is -0.216 e. The molecule has 2 aromatic heterocycles. The van der Waals surface area contributed by atoms with E-state index in [0.717, 1.165) is 15.1 Å². The fraction of sp³-hybridized carbons (Fsp3) is 0.143. The van der Waals surface area contributed by atoms with E-state index < -0.39 is 0 Å². The van der Waals surface area contributed by atoms with Crippen molar-refractivity contribution in [2.45, 2.75) is 5.03 Å². The number of fused-ring (bicyclic) bond motifs is 1. The average Bonchev–Trinajstić information content (AvgIpc) is 2.47. The van der Waals surface area contributed by atoms with Crippen molar-refractivity contribution in [3.63, 3.8) is 0 Å². The molecule has 68 valence electrons. The fourth-order valence-corrected chi connectivity index (χ4v) is 2.16. The zero-order valence-corrected chi connectivity index (χ0v) is 9.82. The highest BCUT2D eigenvalue weighted by Gasteiger charge is 2.07. The minimum atomic E-state index is 0.484. The highest BCUT2D eigenvalue weighted by Crippen LogP contribution is 2.23. The van der Waals surface area contributed by atoms with E-state index in [0.29, 0.717) is 5.15 Å². The molecular formula is C7H5BrClN3S. The van der Waals surface area contributed by atoms with Crippen molar-refractivity contribution in [2.24, 2.45) is 0 Å². The SMILES string of the molecule is CSc1cc(Cl)nc2c(Br)cnn12. The van der Waals surface area contributed by atoms with Gasteiger partial charge in [0.1, 0.15) is 10.2 Å². The Balaban J connectivity index is 2.84. The molecule has 0 atom stereocenters. The Labute approximate surface area is 92.6 Å². The molecule has 0 aliphatic carbocycles. The van der Waals surface area contributed by atoms with Crippen LogP contribution in [0.5, 0.6) is 0 Å². The van der Waals surface area contributed by atoms with E-state index in [4.69, 9.17) is 11.6 Å². The topological polar surface area (TPSA) is 30.2 Å². The molecule has 3 nitrogen and oxygen atoms in total. The summed E-state index contributed by atoms with van der Waals surface area (Å²) in [5.74, 6) is 0. The Bertz CT molecular complexity index is 456. The van der Waals surface area contributed by atoms with E-state index in [2.05, 4.69) is 26.0 Å². The van der Waals surface area contributed by atoms with Gasteiger partial charge in [0.05, 0.1) is 10.7 Å². The Morgan fingerprint density at radius 1 is 1.62 bits per heavy atom. The number of nitrogens with zero attached hydrogens (tertiary/aromatic N) is 3. The summed E-state index contributed by atoms with van der Waals surface area (Å²) in [6.45, 7) is 0. The first kappa shape index (κ1) is 9.30. The molecule has 0 saturated carbocycles. The molecule has 0 amide bonds. The Morgan fingerprint density at radius 3 is 3.08 bits per heavy atom. The zero-order chi connectivity index (χ0) is 9.42. The van der Waals surface area contributed by atoms with Crippen molar-refractivity contribution in [3.05, 3.63) is 21.9 Å². The molecule has 0 spiro atoms. The highest BCUT2D eigenvalue weighted by atomic mass is 79.9. The van der Waals surface area contributed by atoms with E-state index in [1.54, 1.807) is 28.5 Å². The quantitative estimate of drug-likeness (QED) is 0.593. The van der Waals surface area contributed by atoms with Crippen molar-refractivity contribution in [2.75, 3.05) is 6.26 Å². The Hall–Kier alpha value is -0.260. The van der Waals surface area contributed by atoms with Gasteiger partial charge in [-0.25, -0.2) is 9.50 Å². The molecule has 13 heavy (non-hydrogen) atoms. The summed E-state index contributed by atoms with van der Waals surface area (Å²) >= 11 is 10.8. The molecule has 0 aliphatic rings. The molecule has 2 rings (SSSR count). The number of rotatable bonds is 1. The van der Waals surface area contributed by atoms with Crippen molar-refractivity contribution >= 4 is 44.9 Å². The maximum Gasteiger partial charge on any atom is 0.172 e. The number of thioether (sulfide) groups is 1. The van der Waals surface area contributed by atoms with Gasteiger partial charge in [0, 0.05) is 6.07 Å². The van der Waals surface area contributed by atoms with Gasteiger partial charge >= 0.3 is 0 Å². The van der Waals surface area contributed by atoms with Crippen LogP contribution in [0.1, 0.15) is 0 Å². The second-order valence-corrected chi connectivity index (χ2v) is 4.42. The van der Waals surface area contributed by atoms with E-state index >= 15 is 0 Å². The van der Waals surface area contributed by atoms with Crippen LogP contribution in [0.3, 0.4) is 0 Å². The average molecular weight is 279 g/mol. The van der Waals surface area contributed by atoms with Crippen LogP contribution in [0.15, 0.2) is 21.8 Å². The smallest absolute Gasteiger partial charge is 0.172 e. The van der Waals surface area contributed by atoms with E-state index in [-0.39, 0.29) is 0 Å². The summed E-state index contributed by atoms with van der Waals surface area (Å²) in [5, 5.41) is 5.62. The summed E-state index contributed by atoms with van der Waals surface area (Å²) < 4.78 is 2.60. The maximum absolute atomic E-state index is 5.85. The lowest BCUT2D eigenvalue weighted by molar-refractivity contribution is 0.844. The summed E-state index contributed by atoms with van der Waals surface area (Å²) in [5.41, 5.74) is 0.747. The molecule has 0 bridgehead atoms. The molecule has 0 saturated heterocycles. The number of aromatic nitrogens is 3. The van der Waals surface area contributed by atoms with Crippen molar-refractivity contribution in [1.82, 2.24) is 14.6 Å². The van der Waals surface area contributed by atoms with E-state index in [1.807, 2.05) is 6.26 Å². The number of hydrogen-bond acceptors (Lipinski definition) is 3. The molecule has 0 fully saturated rings. The van der Waals surface area contributed by atoms with Crippen LogP contribution in [0.4, 0.5) is 0 Å². The monoisotopic (exact) mass is 277 g/mol. The molecule has 0 aromatic carbocycles. The van der Waals surface area contributed by atoms with Gasteiger partial charge in [-0.1, -0.05) is 11.6 Å². The van der Waals surface area contributed by atoms with Crippen LogP contribution in [-0.4, -0.2) is 20.9 Å². The van der Waals surface area contributed by atoms with Crippen LogP contribution in [0.25, 0.3) is 5.65 Å². The second kappa shape index (κ2) is 3.48. The lowest BCUT2D eigenvalue weighted by Crippen LogP contribution is -1.94. The molecule has 0 radical (unpaired) electrons. The molecule has 0 unspecified atom stereocenters. The van der Waals surface area contributed by atoms with Crippen LogP contribution in [-0.2, 0) is 0 Å². The molecule has 2 heterocycles. The highest BCUT2D eigenvalue weighted by molar-refractivity contribution is 9.10. The zero-order valence-electron chi connectivity index (χ0n) is 6.66. The van der Waals surface area contributed by atoms with Crippen LogP contribution in [0.2, 0.25) is 5.15 Å². The van der Waals surface area contributed by atoms with Crippen molar-refractivity contribution in [1.29, 1.82) is 0 Å². The molecule has 0 N–H and O–H groups in total. The predicted octanol–water partition coefficient (Wildman–Crippen LogP) is 2.87. The first-order valence-electron chi connectivity index (χ1n) is 3.46. The number of hydrogen-bond donors (Lipinski definition) is 0. The summed E-state index contributed by atoms with van der Waals surface area (Å²) in [6, 6.07) is 1.79. The lowest BCUT2D eigenvalue weighted by atomic mass is 10.6. The van der Waals surface area contributed by atoms with Gasteiger partial charge in [0.25, 0.3) is 0 Å². The van der Waals surface area contributed by atoms with E-state index in [1.165, 1.54) is 0 Å². The van der Waals surface area contributed by atoms with Crippen LogP contribution >= 0.6 is 39.3 Å². The molecule has 6 heteroatoms. The largest absolute Gasteiger partial charge is 0.216 e. The molecular weight excluding hydrogens is 274 g/mol. The summed E-state index contributed by atoms with van der Waals surface area (Å²) in [4.78, 5) is 4.15. The van der Waals surface area contributed by atoms with E-state index in [9.17, 15) is 0 Å². The third kappa shape index (κ3) is 1.56. The minimum absolute atomic E-state index is 0.484. The van der Waals surface area contributed by atoms with Gasteiger partial charge in [0.15, 0.2) is 5.65 Å². The van der Waals surface area contributed by atoms with Gasteiger partial charge < -0.3 is 0 Å². The predicted molar refractivity (Wildman–Crippen MR) is 57.5 cm³/mol. The first-order valence-corrected chi connectivity index (χ1v) is 5.85. The van der Waals surface area contributed by atoms with Crippen molar-refractivity contribution < 1.29 is 0 Å². The molecule has 2 aromatic rings. The third-order valence-corrected chi connectivity index (χ3v) is 3.04. The lowest BCUT2D eigenvalue weighted by Gasteiger charge is -2.00. The number of halogens is 2. The summed E-state index contributed by atoms with van der Waals surface area (Å²) in [6.07, 6.45) is 3.68. The van der Waals surface area contributed by atoms with Gasteiger partial charge in [-0.15, -0.1) is 11.8 Å². The van der Waals surface area contributed by atoms with Gasteiger partial charge in [-0.2, -0.15) is 5.10 Å². The van der Waals surface area contributed by atoms with Gasteiger partial charge in [-0.3, -0.25) is 0 Å². The van der Waals surface area contributed by atoms with Gasteiger partial charge in [-0.05, 0) is 22.2 Å². The Kier molecular flexibility index (Phi) is 2.49. The third-order valence-electron chi connectivity index (χ3n) is 1.57. The van der Waals surface area contributed by atoms with Crippen LogP contribution < -0.4 is 0 Å².